The van der Waals surface area contributed by atoms with Crippen LogP contribution in [0.3, 0.4) is 0 Å². The highest BCUT2D eigenvalue weighted by molar-refractivity contribution is 6.30. The summed E-state index contributed by atoms with van der Waals surface area (Å²) in [6.07, 6.45) is 2.08. The molecule has 2 atom stereocenters. The van der Waals surface area contributed by atoms with Crippen molar-refractivity contribution in [3.8, 4) is 5.75 Å². The Bertz CT molecular complexity index is 823. The van der Waals surface area contributed by atoms with E-state index in [9.17, 15) is 9.59 Å². The Hall–Kier alpha value is -2.57. The van der Waals surface area contributed by atoms with E-state index < -0.39 is 11.9 Å². The maximum Gasteiger partial charge on any atom is 0.319 e. The van der Waals surface area contributed by atoms with E-state index in [-0.39, 0.29) is 17.7 Å². The number of aryl methyl sites for hydroxylation is 1. The predicted molar refractivity (Wildman–Crippen MR) is 99.2 cm³/mol. The Kier molecular flexibility index (Phi) is 5.44. The second-order valence-corrected chi connectivity index (χ2v) is 6.73. The van der Waals surface area contributed by atoms with E-state index in [1.807, 2.05) is 30.3 Å². The van der Waals surface area contributed by atoms with E-state index in [1.54, 1.807) is 12.1 Å². The fourth-order valence-electron chi connectivity index (χ4n) is 3.12. The SMILES string of the molecule is NC(=O)NC(=O)c1cccc2c1O[C@@H](CCc1ccc(Cl)cc1)CC2N. The third-order valence-corrected chi connectivity index (χ3v) is 4.65. The van der Waals surface area contributed by atoms with Crippen LogP contribution in [-0.4, -0.2) is 18.0 Å². The molecule has 0 aliphatic carbocycles. The largest absolute Gasteiger partial charge is 0.489 e. The summed E-state index contributed by atoms with van der Waals surface area (Å²) in [6, 6.07) is 11.6. The lowest BCUT2D eigenvalue weighted by molar-refractivity contribution is 0.0951. The molecule has 2 aromatic carbocycles. The molecule has 0 spiro atoms. The van der Waals surface area contributed by atoms with Gasteiger partial charge in [0.05, 0.1) is 5.56 Å². The summed E-state index contributed by atoms with van der Waals surface area (Å²) in [5.41, 5.74) is 13.5. The third kappa shape index (κ3) is 4.15. The lowest BCUT2D eigenvalue weighted by atomic mass is 9.92. The van der Waals surface area contributed by atoms with Gasteiger partial charge in [-0.15, -0.1) is 0 Å². The molecule has 2 aromatic rings. The molecule has 3 rings (SSSR count). The first-order valence-corrected chi connectivity index (χ1v) is 8.72. The number of urea groups is 1. The minimum Gasteiger partial charge on any atom is -0.489 e. The fraction of sp³-hybridized carbons (Fsp3) is 0.263. The van der Waals surface area contributed by atoms with Crippen molar-refractivity contribution in [2.24, 2.45) is 11.5 Å². The molecule has 26 heavy (non-hydrogen) atoms. The molecule has 5 N–H and O–H groups in total. The number of nitrogens with two attached hydrogens (primary N) is 2. The number of primary amides is 1. The first kappa shape index (κ1) is 18.2. The van der Waals surface area contributed by atoms with Crippen LogP contribution in [0.25, 0.3) is 0 Å². The minimum absolute atomic E-state index is 0.129. The minimum atomic E-state index is -0.910. The molecule has 7 heteroatoms. The van der Waals surface area contributed by atoms with E-state index in [0.29, 0.717) is 17.2 Å². The highest BCUT2D eigenvalue weighted by Crippen LogP contribution is 2.37. The van der Waals surface area contributed by atoms with Crippen LogP contribution in [0.15, 0.2) is 42.5 Å². The Morgan fingerprint density at radius 1 is 1.19 bits per heavy atom. The third-order valence-electron chi connectivity index (χ3n) is 4.40. The van der Waals surface area contributed by atoms with Crippen molar-refractivity contribution in [2.75, 3.05) is 0 Å². The molecule has 136 valence electrons. The van der Waals surface area contributed by atoms with Crippen LogP contribution >= 0.6 is 11.6 Å². The van der Waals surface area contributed by atoms with Crippen LogP contribution in [0.5, 0.6) is 5.75 Å². The van der Waals surface area contributed by atoms with Gasteiger partial charge in [0.25, 0.3) is 5.91 Å². The highest BCUT2D eigenvalue weighted by atomic mass is 35.5. The van der Waals surface area contributed by atoms with Crippen molar-refractivity contribution in [1.29, 1.82) is 0 Å². The zero-order valence-corrected chi connectivity index (χ0v) is 14.8. The van der Waals surface area contributed by atoms with Gasteiger partial charge < -0.3 is 16.2 Å². The normalized spacial score (nSPS) is 18.5. The number of halogens is 1. The van der Waals surface area contributed by atoms with Crippen LogP contribution in [-0.2, 0) is 6.42 Å². The van der Waals surface area contributed by atoms with Crippen LogP contribution in [0.4, 0.5) is 4.79 Å². The number of benzene rings is 2. The summed E-state index contributed by atoms with van der Waals surface area (Å²) in [5.74, 6) is -0.175. The number of amides is 3. The van der Waals surface area contributed by atoms with E-state index >= 15 is 0 Å². The van der Waals surface area contributed by atoms with Gasteiger partial charge in [-0.3, -0.25) is 10.1 Å². The van der Waals surface area contributed by atoms with Gasteiger partial charge in [0.15, 0.2) is 0 Å². The Balaban J connectivity index is 1.76. The van der Waals surface area contributed by atoms with Gasteiger partial charge in [-0.1, -0.05) is 35.9 Å². The van der Waals surface area contributed by atoms with Gasteiger partial charge in [-0.25, -0.2) is 4.79 Å². The molecular formula is C19H20ClN3O3. The summed E-state index contributed by atoms with van der Waals surface area (Å²) in [4.78, 5) is 23.2. The van der Waals surface area contributed by atoms with Crippen LogP contribution in [0.1, 0.15) is 40.4 Å². The summed E-state index contributed by atoms with van der Waals surface area (Å²) < 4.78 is 6.06. The molecule has 6 nitrogen and oxygen atoms in total. The summed E-state index contributed by atoms with van der Waals surface area (Å²) in [6.45, 7) is 0. The zero-order chi connectivity index (χ0) is 18.7. The zero-order valence-electron chi connectivity index (χ0n) is 14.1. The Labute approximate surface area is 156 Å². The monoisotopic (exact) mass is 373 g/mol. The average molecular weight is 374 g/mol. The van der Waals surface area contributed by atoms with Gasteiger partial charge in [0, 0.05) is 23.0 Å². The van der Waals surface area contributed by atoms with Gasteiger partial charge >= 0.3 is 6.03 Å². The molecule has 0 saturated carbocycles. The number of fused-ring (bicyclic) bond motifs is 1. The molecule has 0 saturated heterocycles. The second kappa shape index (κ2) is 7.76. The molecule has 0 bridgehead atoms. The maximum atomic E-state index is 12.2. The Morgan fingerprint density at radius 2 is 1.92 bits per heavy atom. The summed E-state index contributed by atoms with van der Waals surface area (Å²) in [5, 5.41) is 2.77. The van der Waals surface area contributed by atoms with Gasteiger partial charge in [-0.05, 0) is 36.6 Å². The van der Waals surface area contributed by atoms with Crippen molar-refractivity contribution >= 4 is 23.5 Å². The van der Waals surface area contributed by atoms with Crippen molar-refractivity contribution in [2.45, 2.75) is 31.4 Å². The number of rotatable bonds is 4. The number of carbonyl (C=O) groups excluding carboxylic acids is 2. The van der Waals surface area contributed by atoms with Crippen molar-refractivity contribution in [1.82, 2.24) is 5.32 Å². The molecule has 0 fully saturated rings. The highest BCUT2D eigenvalue weighted by Gasteiger charge is 2.29. The molecule has 0 radical (unpaired) electrons. The van der Waals surface area contributed by atoms with Gasteiger partial charge in [-0.2, -0.15) is 0 Å². The summed E-state index contributed by atoms with van der Waals surface area (Å²) in [7, 11) is 0. The van der Waals surface area contributed by atoms with Crippen molar-refractivity contribution < 1.29 is 14.3 Å². The number of hydrogen-bond donors (Lipinski definition) is 3. The van der Waals surface area contributed by atoms with E-state index in [4.69, 9.17) is 27.8 Å². The molecule has 0 aromatic heterocycles. The lowest BCUT2D eigenvalue weighted by Gasteiger charge is -2.31. The van der Waals surface area contributed by atoms with Crippen LogP contribution < -0.4 is 21.5 Å². The molecule has 1 heterocycles. The number of nitrogens with one attached hydrogen (secondary N) is 1. The van der Waals surface area contributed by atoms with E-state index in [1.165, 1.54) is 0 Å². The fourth-order valence-corrected chi connectivity index (χ4v) is 3.24. The number of carbonyl (C=O) groups is 2. The van der Waals surface area contributed by atoms with Crippen LogP contribution in [0.2, 0.25) is 5.02 Å². The number of para-hydroxylation sites is 1. The standard InChI is InChI=1S/C19H20ClN3O3/c20-12-7-4-11(5-8-12)6-9-13-10-16(21)14-2-1-3-15(17(14)26-13)18(24)23-19(22)25/h1-5,7-8,13,16H,6,9-10,21H2,(H3,22,23,24,25)/t13-,16?/m0/s1. The first-order chi connectivity index (χ1) is 12.4. The lowest BCUT2D eigenvalue weighted by Crippen LogP contribution is -2.37. The smallest absolute Gasteiger partial charge is 0.319 e. The Morgan fingerprint density at radius 3 is 2.62 bits per heavy atom. The first-order valence-electron chi connectivity index (χ1n) is 8.34. The van der Waals surface area contributed by atoms with E-state index in [2.05, 4.69) is 5.32 Å². The topological polar surface area (TPSA) is 107 Å². The maximum absolute atomic E-state index is 12.2. The van der Waals surface area contributed by atoms with E-state index in [0.717, 1.165) is 24.0 Å². The molecule has 1 aliphatic heterocycles. The number of imide groups is 1. The molecule has 3 amide bonds. The number of ether oxygens (including phenoxy) is 1. The molecule has 1 aliphatic rings. The van der Waals surface area contributed by atoms with Crippen molar-refractivity contribution in [3.63, 3.8) is 0 Å². The predicted octanol–water partition coefficient (Wildman–Crippen LogP) is 2.93. The van der Waals surface area contributed by atoms with Crippen LogP contribution in [0, 0.1) is 0 Å². The second-order valence-electron chi connectivity index (χ2n) is 6.29. The summed E-state index contributed by atoms with van der Waals surface area (Å²) >= 11 is 5.91. The number of hydrogen-bond acceptors (Lipinski definition) is 4. The quantitative estimate of drug-likeness (QED) is 0.765. The molecular weight excluding hydrogens is 354 g/mol. The van der Waals surface area contributed by atoms with Crippen molar-refractivity contribution in [3.05, 3.63) is 64.2 Å². The van der Waals surface area contributed by atoms with Gasteiger partial charge in [0.1, 0.15) is 11.9 Å². The molecule has 1 unspecified atom stereocenters. The van der Waals surface area contributed by atoms with Gasteiger partial charge in [0.2, 0.25) is 0 Å². The average Bonchev–Trinajstić information content (AvgIpc) is 2.60.